The normalized spacial score (nSPS) is 11.6. The van der Waals surface area contributed by atoms with Gasteiger partial charge in [-0.15, -0.1) is 0 Å². The van der Waals surface area contributed by atoms with Gasteiger partial charge in [-0.2, -0.15) is 5.10 Å². The van der Waals surface area contributed by atoms with Crippen molar-refractivity contribution in [2.75, 3.05) is 0 Å². The summed E-state index contributed by atoms with van der Waals surface area (Å²) in [5.41, 5.74) is 2.73. The number of amides is 1. The molecule has 7 nitrogen and oxygen atoms in total. The van der Waals surface area contributed by atoms with Gasteiger partial charge in [-0.3, -0.25) is 14.2 Å². The summed E-state index contributed by atoms with van der Waals surface area (Å²) in [6.45, 7) is 8.34. The second-order valence-electron chi connectivity index (χ2n) is 8.89. The lowest BCUT2D eigenvalue weighted by atomic mass is 10.0. The Morgan fingerprint density at radius 2 is 1.72 bits per heavy atom. The van der Waals surface area contributed by atoms with Crippen LogP contribution in [-0.4, -0.2) is 35.7 Å². The second-order valence-corrected chi connectivity index (χ2v) is 8.89. The third kappa shape index (κ3) is 4.19. The molecule has 0 fully saturated rings. The highest BCUT2D eigenvalue weighted by Gasteiger charge is 2.27. The molecule has 4 aromatic rings. The Kier molecular flexibility index (Phi) is 5.65. The summed E-state index contributed by atoms with van der Waals surface area (Å²) in [4.78, 5) is 32.6. The molecule has 1 amide bonds. The molecule has 0 saturated carbocycles. The van der Waals surface area contributed by atoms with Crippen molar-refractivity contribution in [2.45, 2.75) is 46.3 Å². The van der Waals surface area contributed by atoms with E-state index in [1.165, 1.54) is 17.1 Å². The van der Waals surface area contributed by atoms with E-state index in [0.29, 0.717) is 17.6 Å². The van der Waals surface area contributed by atoms with Crippen LogP contribution in [-0.2, 0) is 17.9 Å². The molecule has 0 atom stereocenters. The van der Waals surface area contributed by atoms with Gasteiger partial charge in [0.1, 0.15) is 18.3 Å². The summed E-state index contributed by atoms with van der Waals surface area (Å²) in [7, 11) is 0. The van der Waals surface area contributed by atoms with E-state index < -0.39 is 5.54 Å². The Morgan fingerprint density at radius 1 is 1.03 bits per heavy atom. The van der Waals surface area contributed by atoms with Crippen molar-refractivity contribution in [2.24, 2.45) is 0 Å². The molecule has 0 unspecified atom stereocenters. The first-order valence-electron chi connectivity index (χ1n) is 10.6. The van der Waals surface area contributed by atoms with Crippen LogP contribution in [0.5, 0.6) is 0 Å². The SMILES string of the molecule is Cc1ccccc1-n1ncc2c(=O)n(CC(=O)N(Cc3ccccc3)C(C)(C)C)cnc21. The van der Waals surface area contributed by atoms with Gasteiger partial charge in [0.05, 0.1) is 11.9 Å². The molecule has 7 heteroatoms. The van der Waals surface area contributed by atoms with Gasteiger partial charge in [0, 0.05) is 12.1 Å². The molecule has 0 bridgehead atoms. The number of benzene rings is 2. The molecular weight excluding hydrogens is 402 g/mol. The highest BCUT2D eigenvalue weighted by molar-refractivity contribution is 5.78. The summed E-state index contributed by atoms with van der Waals surface area (Å²) in [6, 6.07) is 17.6. The van der Waals surface area contributed by atoms with Crippen LogP contribution in [0.1, 0.15) is 31.9 Å². The molecule has 0 aliphatic carbocycles. The zero-order chi connectivity index (χ0) is 22.9. The van der Waals surface area contributed by atoms with Crippen LogP contribution >= 0.6 is 0 Å². The van der Waals surface area contributed by atoms with E-state index in [0.717, 1.165) is 16.8 Å². The number of hydrogen-bond acceptors (Lipinski definition) is 4. The third-order valence-electron chi connectivity index (χ3n) is 5.50. The summed E-state index contributed by atoms with van der Waals surface area (Å²) >= 11 is 0. The molecule has 0 aliphatic heterocycles. The number of fused-ring (bicyclic) bond motifs is 1. The van der Waals surface area contributed by atoms with Crippen molar-refractivity contribution in [3.63, 3.8) is 0 Å². The third-order valence-corrected chi connectivity index (χ3v) is 5.50. The largest absolute Gasteiger partial charge is 0.332 e. The average Bonchev–Trinajstić information content (AvgIpc) is 3.19. The number of aryl methyl sites for hydroxylation is 1. The molecule has 0 aliphatic rings. The maximum absolute atomic E-state index is 13.2. The van der Waals surface area contributed by atoms with E-state index in [2.05, 4.69) is 10.1 Å². The van der Waals surface area contributed by atoms with Gasteiger partial charge in [-0.05, 0) is 44.9 Å². The minimum absolute atomic E-state index is 0.0819. The fraction of sp³-hybridized carbons (Fsp3) is 0.280. The molecular formula is C25H27N5O2. The van der Waals surface area contributed by atoms with Crippen molar-refractivity contribution in [3.8, 4) is 5.69 Å². The van der Waals surface area contributed by atoms with E-state index in [1.807, 2.05) is 82.3 Å². The molecule has 0 radical (unpaired) electrons. The number of aromatic nitrogens is 4. The summed E-state index contributed by atoms with van der Waals surface area (Å²) in [5.74, 6) is -0.143. The van der Waals surface area contributed by atoms with Crippen molar-refractivity contribution in [1.29, 1.82) is 0 Å². The summed E-state index contributed by atoms with van der Waals surface area (Å²) in [5, 5.41) is 4.77. The fourth-order valence-corrected chi connectivity index (χ4v) is 3.74. The first-order chi connectivity index (χ1) is 15.3. The van der Waals surface area contributed by atoms with Crippen LogP contribution in [0.3, 0.4) is 0 Å². The van der Waals surface area contributed by atoms with Crippen LogP contribution < -0.4 is 5.56 Å². The zero-order valence-electron chi connectivity index (χ0n) is 18.8. The molecule has 0 spiro atoms. The Morgan fingerprint density at radius 3 is 2.41 bits per heavy atom. The van der Waals surface area contributed by atoms with E-state index >= 15 is 0 Å². The number of nitrogens with zero attached hydrogens (tertiary/aromatic N) is 5. The van der Waals surface area contributed by atoms with Crippen LogP contribution in [0.4, 0.5) is 0 Å². The van der Waals surface area contributed by atoms with Crippen LogP contribution in [0.2, 0.25) is 0 Å². The van der Waals surface area contributed by atoms with Crippen molar-refractivity contribution < 1.29 is 4.79 Å². The zero-order valence-corrected chi connectivity index (χ0v) is 18.8. The van der Waals surface area contributed by atoms with Crippen LogP contribution in [0, 0.1) is 6.92 Å². The van der Waals surface area contributed by atoms with Gasteiger partial charge in [0.15, 0.2) is 5.65 Å². The Balaban J connectivity index is 1.65. The molecule has 4 rings (SSSR count). The monoisotopic (exact) mass is 429 g/mol. The highest BCUT2D eigenvalue weighted by atomic mass is 16.2. The lowest BCUT2D eigenvalue weighted by molar-refractivity contribution is -0.137. The van der Waals surface area contributed by atoms with Gasteiger partial charge in [0.25, 0.3) is 5.56 Å². The Bertz CT molecular complexity index is 1320. The predicted molar refractivity (Wildman–Crippen MR) is 125 cm³/mol. The fourth-order valence-electron chi connectivity index (χ4n) is 3.74. The molecule has 0 N–H and O–H groups in total. The molecule has 2 heterocycles. The minimum atomic E-state index is -0.399. The Labute approximate surface area is 186 Å². The van der Waals surface area contributed by atoms with E-state index in [4.69, 9.17) is 0 Å². The molecule has 0 saturated heterocycles. The van der Waals surface area contributed by atoms with E-state index in [-0.39, 0.29) is 18.0 Å². The molecule has 164 valence electrons. The number of hydrogen-bond donors (Lipinski definition) is 0. The number of para-hydroxylation sites is 1. The van der Waals surface area contributed by atoms with Gasteiger partial charge < -0.3 is 4.90 Å². The number of carbonyl (C=O) groups excluding carboxylic acids is 1. The topological polar surface area (TPSA) is 73.0 Å². The van der Waals surface area contributed by atoms with Crippen molar-refractivity contribution in [3.05, 3.63) is 88.6 Å². The molecule has 2 aromatic carbocycles. The van der Waals surface area contributed by atoms with E-state index in [1.54, 1.807) is 9.58 Å². The van der Waals surface area contributed by atoms with Gasteiger partial charge in [0.2, 0.25) is 5.91 Å². The van der Waals surface area contributed by atoms with Gasteiger partial charge in [-0.1, -0.05) is 48.5 Å². The maximum Gasteiger partial charge on any atom is 0.264 e. The van der Waals surface area contributed by atoms with Crippen molar-refractivity contribution in [1.82, 2.24) is 24.2 Å². The second kappa shape index (κ2) is 8.42. The molecule has 32 heavy (non-hydrogen) atoms. The number of carbonyl (C=O) groups is 1. The standard InChI is InChI=1S/C25H27N5O2/c1-18-10-8-9-13-21(18)30-23-20(14-27-30)24(32)28(17-26-23)16-22(31)29(25(2,3)4)15-19-11-6-5-7-12-19/h5-14,17H,15-16H2,1-4H3. The lowest BCUT2D eigenvalue weighted by Crippen LogP contribution is -2.47. The quantitative estimate of drug-likeness (QED) is 0.485. The van der Waals surface area contributed by atoms with E-state index in [9.17, 15) is 9.59 Å². The van der Waals surface area contributed by atoms with Crippen LogP contribution in [0.25, 0.3) is 16.7 Å². The number of rotatable bonds is 5. The van der Waals surface area contributed by atoms with Crippen LogP contribution in [0.15, 0.2) is 71.9 Å². The molecule has 2 aromatic heterocycles. The highest BCUT2D eigenvalue weighted by Crippen LogP contribution is 2.19. The van der Waals surface area contributed by atoms with Gasteiger partial charge in [-0.25, -0.2) is 9.67 Å². The smallest absolute Gasteiger partial charge is 0.264 e. The Hall–Kier alpha value is -3.74. The lowest BCUT2D eigenvalue weighted by Gasteiger charge is -2.36. The average molecular weight is 430 g/mol. The van der Waals surface area contributed by atoms with Gasteiger partial charge >= 0.3 is 0 Å². The summed E-state index contributed by atoms with van der Waals surface area (Å²) in [6.07, 6.45) is 2.95. The first kappa shape index (κ1) is 21.5. The minimum Gasteiger partial charge on any atom is -0.332 e. The predicted octanol–water partition coefficient (Wildman–Crippen LogP) is 3.72. The summed E-state index contributed by atoms with van der Waals surface area (Å²) < 4.78 is 3.02. The first-order valence-corrected chi connectivity index (χ1v) is 10.6. The maximum atomic E-state index is 13.2. The van der Waals surface area contributed by atoms with Crippen molar-refractivity contribution >= 4 is 16.9 Å².